The van der Waals surface area contributed by atoms with Gasteiger partial charge in [-0.05, 0) is 47.5 Å². The number of hydrogen-bond donors (Lipinski definition) is 2. The Bertz CT molecular complexity index is 349. The van der Waals surface area contributed by atoms with Gasteiger partial charge in [-0.15, -0.1) is 0 Å². The van der Waals surface area contributed by atoms with E-state index in [0.717, 1.165) is 25.7 Å². The summed E-state index contributed by atoms with van der Waals surface area (Å²) in [4.78, 5) is 0. The van der Waals surface area contributed by atoms with E-state index < -0.39 is 5.79 Å². The van der Waals surface area contributed by atoms with Gasteiger partial charge >= 0.3 is 0 Å². The normalized spacial score (nSPS) is 35.6. The SMILES string of the molecule is CCC1CC(CC(C)O)OC2(CC(C)(C)NC(C)(C)C2)O1. The van der Waals surface area contributed by atoms with E-state index in [2.05, 4.69) is 39.9 Å². The standard InChI is InChI=1S/C17H33NO3/c1-7-13-9-14(8-12(2)19)21-17(20-13)10-15(3,4)18-16(5,6)11-17/h12-14,18-19H,7-11H2,1-6H3. The Labute approximate surface area is 129 Å². The molecule has 3 atom stereocenters. The molecule has 0 aromatic rings. The number of hydrogen-bond acceptors (Lipinski definition) is 4. The predicted molar refractivity (Wildman–Crippen MR) is 84.2 cm³/mol. The molecule has 0 amide bonds. The number of rotatable bonds is 3. The molecule has 1 spiro atoms. The highest BCUT2D eigenvalue weighted by atomic mass is 16.7. The lowest BCUT2D eigenvalue weighted by molar-refractivity contribution is -0.344. The first-order valence-corrected chi connectivity index (χ1v) is 8.38. The van der Waals surface area contributed by atoms with Crippen molar-refractivity contribution in [1.82, 2.24) is 5.32 Å². The van der Waals surface area contributed by atoms with E-state index in [1.54, 1.807) is 0 Å². The molecular formula is C17H33NO3. The Kier molecular flexibility index (Phi) is 4.75. The first kappa shape index (κ1) is 17.2. The fourth-order valence-corrected chi connectivity index (χ4v) is 4.38. The van der Waals surface area contributed by atoms with Crippen molar-refractivity contribution in [2.45, 2.75) is 109 Å². The Hall–Kier alpha value is -0.160. The van der Waals surface area contributed by atoms with Gasteiger partial charge in [0.1, 0.15) is 0 Å². The third-order valence-corrected chi connectivity index (χ3v) is 4.45. The molecule has 3 unspecified atom stereocenters. The van der Waals surface area contributed by atoms with Crippen molar-refractivity contribution in [1.29, 1.82) is 0 Å². The van der Waals surface area contributed by atoms with Gasteiger partial charge in [0.05, 0.1) is 18.3 Å². The second kappa shape index (κ2) is 5.80. The molecule has 0 aromatic carbocycles. The van der Waals surface area contributed by atoms with Gasteiger partial charge in [-0.1, -0.05) is 6.92 Å². The Morgan fingerprint density at radius 1 is 1.10 bits per heavy atom. The second-order valence-corrected chi connectivity index (χ2v) is 8.37. The predicted octanol–water partition coefficient (Wildman–Crippen LogP) is 2.98. The molecule has 2 saturated heterocycles. The fraction of sp³-hybridized carbons (Fsp3) is 1.00. The summed E-state index contributed by atoms with van der Waals surface area (Å²) in [6.07, 6.45) is 4.25. The highest BCUT2D eigenvalue weighted by Crippen LogP contribution is 2.44. The number of aliphatic hydroxyl groups excluding tert-OH is 1. The lowest BCUT2D eigenvalue weighted by Gasteiger charge is -2.56. The number of ether oxygens (including phenoxy) is 2. The van der Waals surface area contributed by atoms with Crippen LogP contribution in [0, 0.1) is 0 Å². The van der Waals surface area contributed by atoms with Crippen LogP contribution in [0.4, 0.5) is 0 Å². The minimum atomic E-state index is -0.517. The zero-order valence-corrected chi connectivity index (χ0v) is 14.5. The van der Waals surface area contributed by atoms with Crippen LogP contribution in [0.1, 0.15) is 73.6 Å². The molecule has 21 heavy (non-hydrogen) atoms. The molecule has 4 nitrogen and oxygen atoms in total. The highest BCUT2D eigenvalue weighted by Gasteiger charge is 2.52. The maximum absolute atomic E-state index is 9.72. The van der Waals surface area contributed by atoms with Gasteiger partial charge < -0.3 is 19.9 Å². The van der Waals surface area contributed by atoms with Gasteiger partial charge in [0.25, 0.3) is 0 Å². The maximum atomic E-state index is 9.72. The largest absolute Gasteiger partial charge is 0.393 e. The van der Waals surface area contributed by atoms with Crippen LogP contribution in [0.25, 0.3) is 0 Å². The number of nitrogens with one attached hydrogen (secondary N) is 1. The Balaban J connectivity index is 2.21. The van der Waals surface area contributed by atoms with E-state index in [1.807, 2.05) is 6.92 Å². The van der Waals surface area contributed by atoms with E-state index in [1.165, 1.54) is 0 Å². The molecule has 0 aliphatic carbocycles. The third kappa shape index (κ3) is 4.41. The molecule has 2 fully saturated rings. The lowest BCUT2D eigenvalue weighted by atomic mass is 9.77. The summed E-state index contributed by atoms with van der Waals surface area (Å²) >= 11 is 0. The summed E-state index contributed by atoms with van der Waals surface area (Å²) in [5, 5.41) is 13.4. The van der Waals surface area contributed by atoms with Crippen molar-refractivity contribution in [3.8, 4) is 0 Å². The number of piperidine rings is 1. The quantitative estimate of drug-likeness (QED) is 0.841. The molecule has 0 bridgehead atoms. The molecule has 0 aromatic heterocycles. The smallest absolute Gasteiger partial charge is 0.172 e. The van der Waals surface area contributed by atoms with E-state index in [0.29, 0.717) is 6.42 Å². The number of aliphatic hydroxyl groups is 1. The van der Waals surface area contributed by atoms with Crippen LogP contribution in [-0.4, -0.2) is 40.3 Å². The summed E-state index contributed by atoms with van der Waals surface area (Å²) < 4.78 is 12.8. The molecule has 4 heteroatoms. The molecule has 124 valence electrons. The van der Waals surface area contributed by atoms with Crippen LogP contribution >= 0.6 is 0 Å². The van der Waals surface area contributed by atoms with Gasteiger partial charge in [-0.2, -0.15) is 0 Å². The van der Waals surface area contributed by atoms with E-state index in [9.17, 15) is 5.11 Å². The molecule has 2 aliphatic heterocycles. The van der Waals surface area contributed by atoms with Gasteiger partial charge in [-0.3, -0.25) is 0 Å². The van der Waals surface area contributed by atoms with E-state index in [4.69, 9.17) is 9.47 Å². The van der Waals surface area contributed by atoms with Crippen molar-refractivity contribution in [3.05, 3.63) is 0 Å². The fourth-order valence-electron chi connectivity index (χ4n) is 4.38. The van der Waals surface area contributed by atoms with Crippen molar-refractivity contribution in [2.75, 3.05) is 0 Å². The summed E-state index contributed by atoms with van der Waals surface area (Å²) in [6.45, 7) is 12.8. The molecule has 2 rings (SSSR count). The van der Waals surface area contributed by atoms with Crippen LogP contribution in [-0.2, 0) is 9.47 Å². The monoisotopic (exact) mass is 299 g/mol. The zero-order chi connectivity index (χ0) is 15.9. The topological polar surface area (TPSA) is 50.7 Å². The first-order valence-electron chi connectivity index (χ1n) is 8.38. The average Bonchev–Trinajstić information content (AvgIpc) is 2.21. The molecule has 0 saturated carbocycles. The van der Waals surface area contributed by atoms with Gasteiger partial charge in [0, 0.05) is 30.3 Å². The highest BCUT2D eigenvalue weighted by molar-refractivity contribution is 5.03. The molecule has 2 heterocycles. The summed E-state index contributed by atoms with van der Waals surface area (Å²) in [5.41, 5.74) is -0.0421. The molecular weight excluding hydrogens is 266 g/mol. The van der Waals surface area contributed by atoms with Crippen molar-refractivity contribution >= 4 is 0 Å². The molecule has 2 aliphatic rings. The maximum Gasteiger partial charge on any atom is 0.172 e. The molecule has 2 N–H and O–H groups in total. The van der Waals surface area contributed by atoms with Crippen LogP contribution in [0.2, 0.25) is 0 Å². The van der Waals surface area contributed by atoms with Crippen molar-refractivity contribution in [2.24, 2.45) is 0 Å². The molecule has 0 radical (unpaired) electrons. The van der Waals surface area contributed by atoms with Gasteiger partial charge in [0.15, 0.2) is 5.79 Å². The van der Waals surface area contributed by atoms with E-state index in [-0.39, 0.29) is 29.4 Å². The van der Waals surface area contributed by atoms with Crippen molar-refractivity contribution in [3.63, 3.8) is 0 Å². The van der Waals surface area contributed by atoms with Gasteiger partial charge in [0.2, 0.25) is 0 Å². The Morgan fingerprint density at radius 3 is 2.10 bits per heavy atom. The van der Waals surface area contributed by atoms with E-state index >= 15 is 0 Å². The summed E-state index contributed by atoms with van der Waals surface area (Å²) in [5.74, 6) is -0.517. The van der Waals surface area contributed by atoms with Gasteiger partial charge in [-0.25, -0.2) is 0 Å². The average molecular weight is 299 g/mol. The lowest BCUT2D eigenvalue weighted by Crippen LogP contribution is -2.67. The van der Waals surface area contributed by atoms with Crippen LogP contribution in [0.5, 0.6) is 0 Å². The summed E-state index contributed by atoms with van der Waals surface area (Å²) in [7, 11) is 0. The van der Waals surface area contributed by atoms with Crippen molar-refractivity contribution < 1.29 is 14.6 Å². The second-order valence-electron chi connectivity index (χ2n) is 8.37. The summed E-state index contributed by atoms with van der Waals surface area (Å²) in [6, 6.07) is 0. The minimum Gasteiger partial charge on any atom is -0.393 e. The first-order chi connectivity index (χ1) is 9.55. The Morgan fingerprint density at radius 2 is 1.62 bits per heavy atom. The minimum absolute atomic E-state index is 0.0211. The van der Waals surface area contributed by atoms with Crippen LogP contribution in [0.15, 0.2) is 0 Å². The third-order valence-electron chi connectivity index (χ3n) is 4.45. The van der Waals surface area contributed by atoms with Crippen LogP contribution < -0.4 is 5.32 Å². The zero-order valence-electron chi connectivity index (χ0n) is 14.5. The van der Waals surface area contributed by atoms with Crippen LogP contribution in [0.3, 0.4) is 0 Å².